The topological polar surface area (TPSA) is 77.1 Å². The molecule has 0 saturated carbocycles. The number of anilines is 1. The summed E-state index contributed by atoms with van der Waals surface area (Å²) in [4.78, 5) is 28.9. The number of hydrogen-bond acceptors (Lipinski definition) is 7. The minimum atomic E-state index is -0.406. The third-order valence-corrected chi connectivity index (χ3v) is 7.10. The van der Waals surface area contributed by atoms with E-state index in [0.717, 1.165) is 36.8 Å². The van der Waals surface area contributed by atoms with Gasteiger partial charge in [0.25, 0.3) is 0 Å². The van der Waals surface area contributed by atoms with Crippen LogP contribution < -0.4 is 14.8 Å². The van der Waals surface area contributed by atoms with Crippen LogP contribution in [0.1, 0.15) is 60.0 Å². The molecule has 2 aromatic rings. The van der Waals surface area contributed by atoms with Gasteiger partial charge in [-0.2, -0.15) is 0 Å². The van der Waals surface area contributed by atoms with Crippen LogP contribution in [-0.2, 0) is 28.9 Å². The first-order valence-corrected chi connectivity index (χ1v) is 12.3. The SMILES string of the molecule is CCOC(=O)c1c(NC(=O)[C@@H](C)N(C)Cc2ccc(OCC)c(OC)c2)sc2c1CCCC2. The number of aryl methyl sites for hydroxylation is 1. The summed E-state index contributed by atoms with van der Waals surface area (Å²) >= 11 is 1.51. The predicted octanol–water partition coefficient (Wildman–Crippen LogP) is 4.67. The highest BCUT2D eigenvalue weighted by atomic mass is 32.1. The Morgan fingerprint density at radius 3 is 2.61 bits per heavy atom. The third-order valence-electron chi connectivity index (χ3n) is 5.89. The minimum Gasteiger partial charge on any atom is -0.493 e. The van der Waals surface area contributed by atoms with Gasteiger partial charge < -0.3 is 19.5 Å². The van der Waals surface area contributed by atoms with Gasteiger partial charge in [-0.3, -0.25) is 9.69 Å². The Morgan fingerprint density at radius 2 is 1.91 bits per heavy atom. The predicted molar refractivity (Wildman–Crippen MR) is 131 cm³/mol. The summed E-state index contributed by atoms with van der Waals surface area (Å²) in [7, 11) is 3.52. The fourth-order valence-corrected chi connectivity index (χ4v) is 5.28. The van der Waals surface area contributed by atoms with E-state index in [-0.39, 0.29) is 11.9 Å². The average molecular weight is 475 g/mol. The number of ether oxygens (including phenoxy) is 3. The van der Waals surface area contributed by atoms with Crippen LogP contribution in [0.15, 0.2) is 18.2 Å². The van der Waals surface area contributed by atoms with E-state index >= 15 is 0 Å². The highest BCUT2D eigenvalue weighted by Gasteiger charge is 2.29. The lowest BCUT2D eigenvalue weighted by molar-refractivity contribution is -0.120. The summed E-state index contributed by atoms with van der Waals surface area (Å²) < 4.78 is 16.3. The Kier molecular flexibility index (Phi) is 8.74. The highest BCUT2D eigenvalue weighted by Crippen LogP contribution is 2.38. The zero-order valence-electron chi connectivity index (χ0n) is 20.2. The number of amides is 1. The fourth-order valence-electron chi connectivity index (χ4n) is 4.00. The maximum Gasteiger partial charge on any atom is 0.341 e. The molecule has 0 spiro atoms. The van der Waals surface area contributed by atoms with Crippen molar-refractivity contribution in [3.8, 4) is 11.5 Å². The summed E-state index contributed by atoms with van der Waals surface area (Å²) in [5.74, 6) is 0.864. The number of hydrogen-bond donors (Lipinski definition) is 1. The van der Waals surface area contributed by atoms with Crippen molar-refractivity contribution >= 4 is 28.2 Å². The van der Waals surface area contributed by atoms with E-state index in [9.17, 15) is 9.59 Å². The first kappa shape index (κ1) is 25.1. The molecule has 1 amide bonds. The number of carbonyl (C=O) groups is 2. The summed E-state index contributed by atoms with van der Waals surface area (Å²) in [6, 6.07) is 5.38. The van der Waals surface area contributed by atoms with E-state index in [0.29, 0.717) is 41.8 Å². The van der Waals surface area contributed by atoms with Crippen molar-refractivity contribution in [2.45, 2.75) is 59.0 Å². The second kappa shape index (κ2) is 11.5. The van der Waals surface area contributed by atoms with Crippen LogP contribution >= 0.6 is 11.3 Å². The fraction of sp³-hybridized carbons (Fsp3) is 0.520. The molecule has 1 aliphatic carbocycles. The number of benzene rings is 1. The molecule has 1 heterocycles. The Morgan fingerprint density at radius 1 is 1.15 bits per heavy atom. The molecule has 1 aromatic heterocycles. The van der Waals surface area contributed by atoms with Gasteiger partial charge in [-0.05, 0) is 76.8 Å². The molecule has 180 valence electrons. The van der Waals surface area contributed by atoms with Crippen LogP contribution in [0, 0.1) is 0 Å². The van der Waals surface area contributed by atoms with Gasteiger partial charge in [0.05, 0.1) is 31.9 Å². The van der Waals surface area contributed by atoms with Crippen LogP contribution in [0.25, 0.3) is 0 Å². The molecule has 1 atom stereocenters. The van der Waals surface area contributed by atoms with Crippen LogP contribution in [0.3, 0.4) is 0 Å². The number of nitrogens with one attached hydrogen (secondary N) is 1. The van der Waals surface area contributed by atoms with Crippen LogP contribution in [0.4, 0.5) is 5.00 Å². The van der Waals surface area contributed by atoms with Crippen molar-refractivity contribution in [1.82, 2.24) is 4.90 Å². The van der Waals surface area contributed by atoms with Crippen molar-refractivity contribution in [3.05, 3.63) is 39.8 Å². The molecular formula is C25H34N2O5S. The molecule has 1 aromatic carbocycles. The maximum absolute atomic E-state index is 13.1. The first-order chi connectivity index (χ1) is 15.9. The maximum atomic E-state index is 13.1. The largest absolute Gasteiger partial charge is 0.493 e. The number of esters is 1. The van der Waals surface area contributed by atoms with Gasteiger partial charge in [-0.1, -0.05) is 6.07 Å². The highest BCUT2D eigenvalue weighted by molar-refractivity contribution is 7.17. The number of fused-ring (bicyclic) bond motifs is 1. The Bertz CT molecular complexity index is 987. The van der Waals surface area contributed by atoms with Crippen molar-refractivity contribution in [1.29, 1.82) is 0 Å². The van der Waals surface area contributed by atoms with Crippen molar-refractivity contribution in [2.24, 2.45) is 0 Å². The normalized spacial score (nSPS) is 13.9. The van der Waals surface area contributed by atoms with E-state index in [1.807, 2.05) is 44.0 Å². The summed E-state index contributed by atoms with van der Waals surface area (Å²) in [6.07, 6.45) is 3.95. The Balaban J connectivity index is 1.73. The van der Waals surface area contributed by atoms with Crippen molar-refractivity contribution in [2.75, 3.05) is 32.7 Å². The Labute approximate surface area is 200 Å². The molecule has 0 fully saturated rings. The number of carbonyl (C=O) groups excluding carboxylic acids is 2. The standard InChI is InChI=1S/C25H34N2O5S/c1-6-31-19-13-12-17(14-20(19)30-5)15-27(4)16(3)23(28)26-24-22(25(29)32-7-2)18-10-8-9-11-21(18)33-24/h12-14,16H,6-11,15H2,1-5H3,(H,26,28)/t16-/m1/s1. The average Bonchev–Trinajstić information content (AvgIpc) is 3.17. The summed E-state index contributed by atoms with van der Waals surface area (Å²) in [5, 5.41) is 3.62. The molecule has 0 radical (unpaired) electrons. The van der Waals surface area contributed by atoms with Gasteiger partial charge in [0, 0.05) is 11.4 Å². The second-order valence-electron chi connectivity index (χ2n) is 8.13. The number of thiophene rings is 1. The van der Waals surface area contributed by atoms with Gasteiger partial charge in [0.1, 0.15) is 5.00 Å². The Hall–Kier alpha value is -2.58. The van der Waals surface area contributed by atoms with Crippen molar-refractivity contribution in [3.63, 3.8) is 0 Å². The van der Waals surface area contributed by atoms with Gasteiger partial charge >= 0.3 is 5.97 Å². The van der Waals surface area contributed by atoms with Crippen LogP contribution in [0.2, 0.25) is 0 Å². The van der Waals surface area contributed by atoms with Gasteiger partial charge in [0.15, 0.2) is 11.5 Å². The third kappa shape index (κ3) is 5.86. The van der Waals surface area contributed by atoms with E-state index in [2.05, 4.69) is 5.32 Å². The molecule has 0 bridgehead atoms. The molecule has 1 N–H and O–H groups in total. The number of rotatable bonds is 10. The van der Waals surface area contributed by atoms with E-state index in [4.69, 9.17) is 14.2 Å². The molecular weight excluding hydrogens is 440 g/mol. The quantitative estimate of drug-likeness (QED) is 0.504. The lowest BCUT2D eigenvalue weighted by Crippen LogP contribution is -2.39. The molecule has 1 aliphatic rings. The summed E-state index contributed by atoms with van der Waals surface area (Å²) in [5.41, 5.74) is 2.59. The van der Waals surface area contributed by atoms with Crippen LogP contribution in [-0.4, -0.2) is 50.2 Å². The van der Waals surface area contributed by atoms with Gasteiger partial charge in [0.2, 0.25) is 5.91 Å². The smallest absolute Gasteiger partial charge is 0.341 e. The van der Waals surface area contributed by atoms with E-state index in [1.165, 1.54) is 16.2 Å². The molecule has 0 unspecified atom stereocenters. The number of nitrogens with zero attached hydrogens (tertiary/aromatic N) is 1. The molecule has 3 rings (SSSR count). The molecule has 0 saturated heterocycles. The second-order valence-corrected chi connectivity index (χ2v) is 9.24. The van der Waals surface area contributed by atoms with E-state index in [1.54, 1.807) is 14.0 Å². The molecule has 8 heteroatoms. The first-order valence-electron chi connectivity index (χ1n) is 11.5. The molecule has 0 aliphatic heterocycles. The minimum absolute atomic E-state index is 0.153. The number of methoxy groups -OCH3 is 1. The van der Waals surface area contributed by atoms with Gasteiger partial charge in [-0.15, -0.1) is 11.3 Å². The monoisotopic (exact) mass is 474 g/mol. The molecule has 7 nitrogen and oxygen atoms in total. The van der Waals surface area contributed by atoms with Gasteiger partial charge in [-0.25, -0.2) is 4.79 Å². The van der Waals surface area contributed by atoms with Crippen LogP contribution in [0.5, 0.6) is 11.5 Å². The molecule has 33 heavy (non-hydrogen) atoms. The van der Waals surface area contributed by atoms with E-state index < -0.39 is 6.04 Å². The van der Waals surface area contributed by atoms with Crippen molar-refractivity contribution < 1.29 is 23.8 Å². The number of likely N-dealkylation sites (N-methyl/N-ethyl adjacent to an activating group) is 1. The lowest BCUT2D eigenvalue weighted by Gasteiger charge is -2.24. The lowest BCUT2D eigenvalue weighted by atomic mass is 9.95. The zero-order valence-corrected chi connectivity index (χ0v) is 21.0. The summed E-state index contributed by atoms with van der Waals surface area (Å²) in [6.45, 7) is 7.01. The zero-order chi connectivity index (χ0) is 24.0.